The highest BCUT2D eigenvalue weighted by Crippen LogP contribution is 2.21. The average molecular weight is 223 g/mol. The summed E-state index contributed by atoms with van der Waals surface area (Å²) < 4.78 is 52.6. The fourth-order valence-corrected chi connectivity index (χ4v) is 0.937. The van der Waals surface area contributed by atoms with Gasteiger partial charge in [0.2, 0.25) is 5.95 Å². The quantitative estimate of drug-likeness (QED) is 0.444. The molecule has 0 saturated heterocycles. The zero-order valence-corrected chi connectivity index (χ0v) is 7.72. The van der Waals surface area contributed by atoms with Crippen LogP contribution in [-0.2, 0) is 0 Å². The van der Waals surface area contributed by atoms with Gasteiger partial charge in [-0.25, -0.2) is 4.98 Å². The first kappa shape index (κ1) is 11.7. The van der Waals surface area contributed by atoms with Gasteiger partial charge in [-0.2, -0.15) is 17.6 Å². The van der Waals surface area contributed by atoms with E-state index in [-0.39, 0.29) is 18.8 Å². The van der Waals surface area contributed by atoms with E-state index in [1.54, 1.807) is 0 Å². The van der Waals surface area contributed by atoms with Crippen LogP contribution < -0.4 is 4.74 Å². The van der Waals surface area contributed by atoms with Crippen molar-refractivity contribution in [2.45, 2.75) is 19.0 Å². The number of halogens is 4. The molecule has 15 heavy (non-hydrogen) atoms. The van der Waals surface area contributed by atoms with Gasteiger partial charge in [0.1, 0.15) is 5.75 Å². The molecule has 0 saturated carbocycles. The van der Waals surface area contributed by atoms with Crippen LogP contribution in [0.4, 0.5) is 17.6 Å². The van der Waals surface area contributed by atoms with Crippen LogP contribution in [0.1, 0.15) is 12.8 Å². The highest BCUT2D eigenvalue weighted by atomic mass is 19.4. The monoisotopic (exact) mass is 223 g/mol. The Kier molecular flexibility index (Phi) is 3.88. The number of nitrogens with zero attached hydrogens (tertiary/aromatic N) is 1. The third kappa shape index (κ3) is 5.19. The summed E-state index contributed by atoms with van der Waals surface area (Å²) in [5.74, 6) is -0.534. The van der Waals surface area contributed by atoms with Crippen LogP contribution in [0.25, 0.3) is 0 Å². The Balaban J connectivity index is 2.26. The molecule has 1 aromatic heterocycles. The molecule has 1 aromatic rings. The summed E-state index contributed by atoms with van der Waals surface area (Å²) in [7, 11) is 0. The zero-order chi connectivity index (χ0) is 11.3. The summed E-state index contributed by atoms with van der Waals surface area (Å²) >= 11 is 0. The van der Waals surface area contributed by atoms with Gasteiger partial charge < -0.3 is 4.74 Å². The maximum absolute atomic E-state index is 12.5. The fraction of sp³-hybridized carbons (Fsp3) is 0.444. The average Bonchev–Trinajstić information content (AvgIpc) is 2.11. The Labute approximate surface area is 83.9 Å². The van der Waals surface area contributed by atoms with Crippen LogP contribution in [0, 0.1) is 5.95 Å². The molecule has 0 aliphatic heterocycles. The second-order valence-corrected chi connectivity index (χ2v) is 2.88. The van der Waals surface area contributed by atoms with E-state index in [4.69, 9.17) is 4.74 Å². The Morgan fingerprint density at radius 3 is 2.67 bits per heavy atom. The summed E-state index contributed by atoms with van der Waals surface area (Å²) in [6.45, 7) is -0.0943. The van der Waals surface area contributed by atoms with E-state index < -0.39 is 18.5 Å². The summed E-state index contributed by atoms with van der Waals surface area (Å²) in [5, 5.41) is 0. The Morgan fingerprint density at radius 2 is 2.07 bits per heavy atom. The van der Waals surface area contributed by atoms with Crippen LogP contribution in [0.3, 0.4) is 0 Å². The van der Waals surface area contributed by atoms with Crippen molar-refractivity contribution in [3.8, 4) is 5.75 Å². The van der Waals surface area contributed by atoms with Crippen molar-refractivity contribution in [2.24, 2.45) is 0 Å². The standard InChI is InChI=1S/C9H9F4NO/c10-8-6-7(2-4-14-8)15-5-1-3-9(11,12)13/h2,4,6H,1,3,5H2. The van der Waals surface area contributed by atoms with Crippen LogP contribution in [0.15, 0.2) is 18.3 Å². The van der Waals surface area contributed by atoms with Crippen molar-refractivity contribution in [2.75, 3.05) is 6.61 Å². The number of hydrogen-bond acceptors (Lipinski definition) is 2. The summed E-state index contributed by atoms with van der Waals surface area (Å²) in [6, 6.07) is 2.41. The minimum absolute atomic E-state index is 0.0943. The van der Waals surface area contributed by atoms with E-state index in [2.05, 4.69) is 4.98 Å². The number of alkyl halides is 3. The Bertz CT molecular complexity index is 313. The zero-order valence-electron chi connectivity index (χ0n) is 7.72. The van der Waals surface area contributed by atoms with Gasteiger partial charge in [-0.1, -0.05) is 0 Å². The maximum Gasteiger partial charge on any atom is 0.389 e. The summed E-state index contributed by atoms with van der Waals surface area (Å²) in [5.41, 5.74) is 0. The smallest absolute Gasteiger partial charge is 0.389 e. The third-order valence-corrected chi connectivity index (χ3v) is 1.57. The number of pyridine rings is 1. The van der Waals surface area contributed by atoms with E-state index in [1.807, 2.05) is 0 Å². The molecule has 0 aromatic carbocycles. The van der Waals surface area contributed by atoms with Gasteiger partial charge in [-0.15, -0.1) is 0 Å². The lowest BCUT2D eigenvalue weighted by Gasteiger charge is -2.07. The lowest BCUT2D eigenvalue weighted by atomic mass is 10.3. The van der Waals surface area contributed by atoms with Gasteiger partial charge in [-0.05, 0) is 12.5 Å². The lowest BCUT2D eigenvalue weighted by molar-refractivity contribution is -0.136. The molecule has 0 radical (unpaired) electrons. The van der Waals surface area contributed by atoms with E-state index in [0.29, 0.717) is 0 Å². The third-order valence-electron chi connectivity index (χ3n) is 1.57. The van der Waals surface area contributed by atoms with Crippen molar-refractivity contribution >= 4 is 0 Å². The summed E-state index contributed by atoms with van der Waals surface area (Å²) in [6.07, 6.45) is -4.03. The van der Waals surface area contributed by atoms with Crippen LogP contribution >= 0.6 is 0 Å². The molecule has 1 rings (SSSR count). The number of hydrogen-bond donors (Lipinski definition) is 0. The first-order valence-corrected chi connectivity index (χ1v) is 4.28. The van der Waals surface area contributed by atoms with Crippen molar-refractivity contribution in [3.05, 3.63) is 24.3 Å². The number of ether oxygens (including phenoxy) is 1. The largest absolute Gasteiger partial charge is 0.493 e. The van der Waals surface area contributed by atoms with E-state index in [9.17, 15) is 17.6 Å². The predicted molar refractivity (Wildman–Crippen MR) is 45.0 cm³/mol. The molecule has 84 valence electrons. The van der Waals surface area contributed by atoms with E-state index in [1.165, 1.54) is 12.3 Å². The van der Waals surface area contributed by atoms with Gasteiger partial charge in [0.15, 0.2) is 0 Å². The molecule has 2 nitrogen and oxygen atoms in total. The molecular formula is C9H9F4NO. The highest BCUT2D eigenvalue weighted by molar-refractivity contribution is 5.17. The molecule has 0 amide bonds. The van der Waals surface area contributed by atoms with Gasteiger partial charge in [0.25, 0.3) is 0 Å². The minimum Gasteiger partial charge on any atom is -0.493 e. The number of aromatic nitrogens is 1. The first-order valence-electron chi connectivity index (χ1n) is 4.28. The van der Waals surface area contributed by atoms with Crippen LogP contribution in [0.2, 0.25) is 0 Å². The molecule has 0 bridgehead atoms. The maximum atomic E-state index is 12.5. The van der Waals surface area contributed by atoms with Crippen molar-refractivity contribution in [1.82, 2.24) is 4.98 Å². The molecule has 1 heterocycles. The molecule has 6 heteroatoms. The van der Waals surface area contributed by atoms with Crippen molar-refractivity contribution in [3.63, 3.8) is 0 Å². The first-order chi connectivity index (χ1) is 6.97. The SMILES string of the molecule is Fc1cc(OCCCC(F)(F)F)ccn1. The number of rotatable bonds is 4. The molecule has 0 N–H and O–H groups in total. The second-order valence-electron chi connectivity index (χ2n) is 2.88. The van der Waals surface area contributed by atoms with E-state index >= 15 is 0 Å². The summed E-state index contributed by atoms with van der Waals surface area (Å²) in [4.78, 5) is 3.28. The lowest BCUT2D eigenvalue weighted by Crippen LogP contribution is -2.09. The topological polar surface area (TPSA) is 22.1 Å². The van der Waals surface area contributed by atoms with Crippen LogP contribution in [-0.4, -0.2) is 17.8 Å². The molecule has 0 aliphatic rings. The molecular weight excluding hydrogens is 214 g/mol. The molecule has 0 fully saturated rings. The highest BCUT2D eigenvalue weighted by Gasteiger charge is 2.26. The minimum atomic E-state index is -4.17. The van der Waals surface area contributed by atoms with Crippen LogP contribution in [0.5, 0.6) is 5.75 Å². The predicted octanol–water partition coefficient (Wildman–Crippen LogP) is 2.94. The van der Waals surface area contributed by atoms with Gasteiger partial charge in [0.05, 0.1) is 6.61 Å². The Hall–Kier alpha value is -1.33. The van der Waals surface area contributed by atoms with E-state index in [0.717, 1.165) is 6.07 Å². The molecule has 0 spiro atoms. The fourth-order valence-electron chi connectivity index (χ4n) is 0.937. The van der Waals surface area contributed by atoms with Crippen molar-refractivity contribution < 1.29 is 22.3 Å². The second kappa shape index (κ2) is 4.95. The normalized spacial score (nSPS) is 11.5. The van der Waals surface area contributed by atoms with Gasteiger partial charge in [-0.3, -0.25) is 0 Å². The molecule has 0 atom stereocenters. The Morgan fingerprint density at radius 1 is 1.33 bits per heavy atom. The van der Waals surface area contributed by atoms with Gasteiger partial charge >= 0.3 is 6.18 Å². The van der Waals surface area contributed by atoms with Crippen molar-refractivity contribution in [1.29, 1.82) is 0 Å². The van der Waals surface area contributed by atoms with Gasteiger partial charge in [0, 0.05) is 18.7 Å². The molecule has 0 unspecified atom stereocenters. The molecule has 0 aliphatic carbocycles.